The molecule has 250 valence electrons. The number of nitrogens with one attached hydrogen (secondary N) is 3. The minimum Gasteiger partial charge on any atom is -0.477 e. The van der Waals surface area contributed by atoms with E-state index in [1.54, 1.807) is 12.1 Å². The van der Waals surface area contributed by atoms with Crippen molar-refractivity contribution in [1.82, 2.24) is 34.9 Å². The standard InChI is InChI=1S/C20H22N6O2S.C16H19NO2/c1-12(2)15-6-5-7-16-17(19(21-18(15)16)20-22-24-25-23-20)13-8-10-14(11-9-13)29(27,28)26(3)4;1-10-6-5-9-12-13(11-7-3-2-4-8-11)15(16(18)19)17-14(10)12/h5-12,21H,1-4H3,(H,22,23,24,25);5-6,9,11,17H,2-4,7-8H2,1H3,(H,18,19). The summed E-state index contributed by atoms with van der Waals surface area (Å²) in [5.41, 5.74) is 8.26. The van der Waals surface area contributed by atoms with E-state index in [1.807, 2.05) is 43.3 Å². The molecule has 48 heavy (non-hydrogen) atoms. The molecule has 0 unspecified atom stereocenters. The molecule has 7 rings (SSSR count). The number of carboxylic acids is 1. The number of sulfonamides is 1. The molecule has 1 saturated carbocycles. The number of rotatable bonds is 7. The van der Waals surface area contributed by atoms with Gasteiger partial charge in [0.1, 0.15) is 5.69 Å². The molecule has 0 spiro atoms. The summed E-state index contributed by atoms with van der Waals surface area (Å²) in [5.74, 6) is 0.346. The summed E-state index contributed by atoms with van der Waals surface area (Å²) in [6, 6.07) is 19.1. The molecule has 11 nitrogen and oxygen atoms in total. The molecule has 1 aliphatic rings. The van der Waals surface area contributed by atoms with Gasteiger partial charge in [-0.2, -0.15) is 5.21 Å². The van der Waals surface area contributed by atoms with E-state index in [9.17, 15) is 18.3 Å². The van der Waals surface area contributed by atoms with Crippen LogP contribution in [-0.2, 0) is 10.0 Å². The number of fused-ring (bicyclic) bond motifs is 2. The number of carboxylic acid groups (broad SMARTS) is 1. The SMILES string of the molecule is CC(C)c1cccc2c(-c3ccc(S(=O)(=O)N(C)C)cc3)c(-c3nn[nH]n3)[nH]c12.Cc1cccc2c(C3CCCCC3)c(C(=O)O)[nH]c12. The van der Waals surface area contributed by atoms with E-state index in [0.29, 0.717) is 23.4 Å². The lowest BCUT2D eigenvalue weighted by atomic mass is 9.82. The van der Waals surface area contributed by atoms with Crippen LogP contribution in [0, 0.1) is 6.92 Å². The molecule has 6 aromatic rings. The zero-order valence-electron chi connectivity index (χ0n) is 27.8. The van der Waals surface area contributed by atoms with Crippen LogP contribution in [0.2, 0.25) is 0 Å². The van der Waals surface area contributed by atoms with E-state index >= 15 is 0 Å². The van der Waals surface area contributed by atoms with E-state index in [4.69, 9.17) is 0 Å². The summed E-state index contributed by atoms with van der Waals surface area (Å²) in [5, 5.41) is 26.0. The molecular weight excluding hydrogens is 627 g/mol. The molecule has 0 atom stereocenters. The lowest BCUT2D eigenvalue weighted by molar-refractivity contribution is 0.0689. The van der Waals surface area contributed by atoms with Crippen LogP contribution in [0.1, 0.15) is 85.0 Å². The molecule has 0 amide bonds. The van der Waals surface area contributed by atoms with Gasteiger partial charge in [-0.15, -0.1) is 10.2 Å². The van der Waals surface area contributed by atoms with Crippen molar-refractivity contribution in [3.05, 3.63) is 83.0 Å². The van der Waals surface area contributed by atoms with Crippen LogP contribution in [0.25, 0.3) is 44.5 Å². The Kier molecular flexibility index (Phi) is 9.22. The Morgan fingerprint density at radius 1 is 0.917 bits per heavy atom. The lowest BCUT2D eigenvalue weighted by Gasteiger charge is -2.22. The quantitative estimate of drug-likeness (QED) is 0.136. The number of para-hydroxylation sites is 2. The van der Waals surface area contributed by atoms with Crippen molar-refractivity contribution in [2.24, 2.45) is 0 Å². The molecule has 0 saturated heterocycles. The lowest BCUT2D eigenvalue weighted by Crippen LogP contribution is -2.22. The number of carbonyl (C=O) groups is 1. The summed E-state index contributed by atoms with van der Waals surface area (Å²) in [6.07, 6.45) is 5.92. The first-order valence-corrected chi connectivity index (χ1v) is 17.7. The molecule has 3 aromatic heterocycles. The number of H-pyrrole nitrogens is 3. The summed E-state index contributed by atoms with van der Waals surface area (Å²) >= 11 is 0. The van der Waals surface area contributed by atoms with Crippen LogP contribution < -0.4 is 0 Å². The van der Waals surface area contributed by atoms with E-state index in [2.05, 4.69) is 56.6 Å². The van der Waals surface area contributed by atoms with Gasteiger partial charge in [-0.3, -0.25) is 0 Å². The predicted octanol–water partition coefficient (Wildman–Crippen LogP) is 7.61. The molecule has 0 aliphatic heterocycles. The average molecular weight is 668 g/mol. The minimum atomic E-state index is -3.49. The normalized spacial score (nSPS) is 14.1. The van der Waals surface area contributed by atoms with Crippen molar-refractivity contribution in [2.75, 3.05) is 14.1 Å². The maximum absolute atomic E-state index is 12.4. The Morgan fingerprint density at radius 3 is 2.23 bits per heavy atom. The molecule has 4 N–H and O–H groups in total. The van der Waals surface area contributed by atoms with Crippen LogP contribution in [-0.4, -0.2) is 68.5 Å². The number of aromatic amines is 3. The number of aromatic nitrogens is 6. The first-order chi connectivity index (χ1) is 23.0. The number of aromatic carboxylic acids is 1. The van der Waals surface area contributed by atoms with Crippen LogP contribution >= 0.6 is 0 Å². The van der Waals surface area contributed by atoms with Gasteiger partial charge < -0.3 is 15.1 Å². The summed E-state index contributed by atoms with van der Waals surface area (Å²) in [4.78, 5) is 18.4. The predicted molar refractivity (Wildman–Crippen MR) is 188 cm³/mol. The molecule has 1 fully saturated rings. The number of tetrazole rings is 1. The van der Waals surface area contributed by atoms with Gasteiger partial charge in [0, 0.05) is 35.9 Å². The topological polar surface area (TPSA) is 161 Å². The van der Waals surface area contributed by atoms with E-state index < -0.39 is 16.0 Å². The number of hydrogen-bond acceptors (Lipinski definition) is 6. The number of hydrogen-bond donors (Lipinski definition) is 4. The third-order valence-corrected chi connectivity index (χ3v) is 11.1. The maximum Gasteiger partial charge on any atom is 0.352 e. The van der Waals surface area contributed by atoms with Crippen molar-refractivity contribution >= 4 is 37.8 Å². The molecule has 1 aliphatic carbocycles. The fourth-order valence-electron chi connectivity index (χ4n) is 6.83. The Labute approximate surface area is 279 Å². The van der Waals surface area contributed by atoms with E-state index in [-0.39, 0.29) is 4.90 Å². The monoisotopic (exact) mass is 667 g/mol. The smallest absolute Gasteiger partial charge is 0.352 e. The Bertz CT molecular complexity index is 2180. The largest absolute Gasteiger partial charge is 0.477 e. The van der Waals surface area contributed by atoms with Gasteiger partial charge in [0.05, 0.1) is 16.1 Å². The molecule has 3 aromatic carbocycles. The van der Waals surface area contributed by atoms with Crippen LogP contribution in [0.3, 0.4) is 0 Å². The fourth-order valence-corrected chi connectivity index (χ4v) is 7.73. The van der Waals surface area contributed by atoms with Gasteiger partial charge in [0.2, 0.25) is 15.8 Å². The zero-order valence-corrected chi connectivity index (χ0v) is 28.6. The molecule has 0 bridgehead atoms. The van der Waals surface area contributed by atoms with Gasteiger partial charge >= 0.3 is 5.97 Å². The molecule has 12 heteroatoms. The Hall–Kier alpha value is -4.81. The number of nitrogens with zero attached hydrogens (tertiary/aromatic N) is 4. The van der Waals surface area contributed by atoms with Crippen molar-refractivity contribution in [3.8, 4) is 22.6 Å². The van der Waals surface area contributed by atoms with Crippen molar-refractivity contribution < 1.29 is 18.3 Å². The highest BCUT2D eigenvalue weighted by atomic mass is 32.2. The van der Waals surface area contributed by atoms with Crippen LogP contribution in [0.15, 0.2) is 65.6 Å². The number of benzene rings is 3. The second-order valence-corrected chi connectivity index (χ2v) is 15.0. The van der Waals surface area contributed by atoms with Gasteiger partial charge in [-0.1, -0.05) is 81.6 Å². The average Bonchev–Trinajstić information content (AvgIpc) is 3.83. The zero-order chi connectivity index (χ0) is 34.2. The molecular formula is C36H41N7O4S. The minimum absolute atomic E-state index is 0.245. The second-order valence-electron chi connectivity index (χ2n) is 12.9. The highest BCUT2D eigenvalue weighted by molar-refractivity contribution is 7.89. The number of aryl methyl sites for hydroxylation is 1. The summed E-state index contributed by atoms with van der Waals surface area (Å²) in [6.45, 7) is 6.31. The summed E-state index contributed by atoms with van der Waals surface area (Å²) in [7, 11) is -0.453. The Morgan fingerprint density at radius 2 is 1.60 bits per heavy atom. The first kappa shape index (κ1) is 33.1. The third kappa shape index (κ3) is 6.13. The second kappa shape index (κ2) is 13.4. The van der Waals surface area contributed by atoms with Gasteiger partial charge in [0.25, 0.3) is 0 Å². The van der Waals surface area contributed by atoms with E-state index in [1.165, 1.54) is 43.2 Å². The molecule has 0 radical (unpaired) electrons. The Balaban J connectivity index is 0.000000182. The van der Waals surface area contributed by atoms with Gasteiger partial charge in [-0.05, 0) is 71.2 Å². The maximum atomic E-state index is 12.4. The van der Waals surface area contributed by atoms with Gasteiger partial charge in [-0.25, -0.2) is 17.5 Å². The highest BCUT2D eigenvalue weighted by Gasteiger charge is 2.26. The van der Waals surface area contributed by atoms with Crippen molar-refractivity contribution in [1.29, 1.82) is 0 Å². The fraction of sp³-hybridized carbons (Fsp3) is 0.333. The van der Waals surface area contributed by atoms with Crippen LogP contribution in [0.4, 0.5) is 0 Å². The third-order valence-electron chi connectivity index (χ3n) is 9.29. The van der Waals surface area contributed by atoms with Crippen molar-refractivity contribution in [2.45, 2.75) is 69.6 Å². The van der Waals surface area contributed by atoms with Gasteiger partial charge in [0.15, 0.2) is 0 Å². The molecule has 3 heterocycles. The van der Waals surface area contributed by atoms with Crippen LogP contribution in [0.5, 0.6) is 0 Å². The van der Waals surface area contributed by atoms with E-state index in [0.717, 1.165) is 62.6 Å². The highest BCUT2D eigenvalue weighted by Crippen LogP contribution is 2.41. The first-order valence-electron chi connectivity index (χ1n) is 16.2. The summed E-state index contributed by atoms with van der Waals surface area (Å²) < 4.78 is 26.0. The van der Waals surface area contributed by atoms with Crippen molar-refractivity contribution in [3.63, 3.8) is 0 Å².